The third-order valence-electron chi connectivity index (χ3n) is 3.08. The summed E-state index contributed by atoms with van der Waals surface area (Å²) in [6.07, 6.45) is -7.26. The topological polar surface area (TPSA) is 405 Å². The van der Waals surface area contributed by atoms with E-state index in [1.165, 1.54) is 0 Å². The van der Waals surface area contributed by atoms with Crippen molar-refractivity contribution in [2.75, 3.05) is 79.3 Å². The molecule has 0 spiro atoms. The van der Waals surface area contributed by atoms with Crippen molar-refractivity contribution in [2.45, 2.75) is 37.4 Å². The van der Waals surface area contributed by atoms with Crippen molar-refractivity contribution >= 4 is 20.2 Å². The number of carbonyl (C=O) groups is 2. The summed E-state index contributed by atoms with van der Waals surface area (Å²) in [6.45, 7) is -2.00. The number of rotatable bonds is 15. The highest BCUT2D eigenvalue weighted by Gasteiger charge is 2.39. The van der Waals surface area contributed by atoms with Gasteiger partial charge in [-0.1, -0.05) is 0 Å². The first-order chi connectivity index (χ1) is 19.7. The number of hydrogen-bond donors (Lipinski definition) is 18. The molecule has 0 saturated carbocycles. The number of Topliss-reactive ketones (excluding diaryl/α,β-unsaturated/α-hetero) is 1. The van der Waals surface area contributed by atoms with Gasteiger partial charge in [0.2, 0.25) is 5.91 Å². The minimum atomic E-state index is -2.63. The normalized spacial score (nSPS) is 13.9. The Balaban J connectivity index is -0.000000130. The molecule has 0 radical (unpaired) electrons. The molecule has 0 saturated heterocycles. The van der Waals surface area contributed by atoms with Gasteiger partial charge in [-0.05, 0) is 0 Å². The summed E-state index contributed by atoms with van der Waals surface area (Å²) in [4.78, 5) is 32.0. The number of nitrogens with two attached hydrogens (primary N) is 1. The van der Waals surface area contributed by atoms with E-state index in [4.69, 9.17) is 71.5 Å². The van der Waals surface area contributed by atoms with Crippen molar-refractivity contribution in [1.82, 2.24) is 5.09 Å². The molecule has 0 rings (SSSR count). The maximum Gasteiger partial charge on any atom is 0.287 e. The number of amides is 1. The van der Waals surface area contributed by atoms with Gasteiger partial charge in [-0.15, -0.1) is 0 Å². The fraction of sp³-hybridized carbons (Fsp3) is 0.900. The number of carbonyl (C=O) groups excluding carboxylic acids is 2. The molecule has 0 aliphatic carbocycles. The smallest absolute Gasteiger partial charge is 0.287 e. The van der Waals surface area contributed by atoms with Crippen LogP contribution in [0.3, 0.4) is 0 Å². The number of ketones is 1. The first-order valence-corrected chi connectivity index (χ1v) is 13.0. The van der Waals surface area contributed by atoms with E-state index in [9.17, 15) is 29.8 Å². The molecule has 0 aliphatic heterocycles. The second kappa shape index (κ2) is 44.3. The molecule has 0 aromatic heterocycles. The van der Waals surface area contributed by atoms with Crippen LogP contribution >= 0.6 is 8.53 Å². The van der Waals surface area contributed by atoms with Crippen LogP contribution < -0.4 is 10.8 Å². The molecule has 1 amide bonds. The van der Waals surface area contributed by atoms with Gasteiger partial charge < -0.3 is 91.7 Å². The monoisotopic (exact) mass is 654 g/mol. The van der Waals surface area contributed by atoms with Crippen molar-refractivity contribution in [2.24, 2.45) is 5.73 Å². The van der Waals surface area contributed by atoms with Gasteiger partial charge in [0.15, 0.2) is 5.78 Å². The second-order valence-electron chi connectivity index (χ2n) is 6.61. The fourth-order valence-electron chi connectivity index (χ4n) is 1.42. The summed E-state index contributed by atoms with van der Waals surface area (Å²) in [5, 5.41) is 124. The average molecular weight is 655 g/mol. The Hall–Kier alpha value is -1.15. The summed E-state index contributed by atoms with van der Waals surface area (Å²) in [5.41, 5.74) is 5.50. The first-order valence-electron chi connectivity index (χ1n) is 11.8. The lowest BCUT2D eigenvalue weighted by molar-refractivity contribution is -0.137. The Morgan fingerprint density at radius 1 is 0.667 bits per heavy atom. The van der Waals surface area contributed by atoms with Gasteiger partial charge in [-0.3, -0.25) is 14.7 Å². The number of nitrogens with one attached hydrogen (secondary N) is 1. The van der Waals surface area contributed by atoms with Gasteiger partial charge in [0.05, 0.1) is 85.3 Å². The molecule has 6 atom stereocenters. The second-order valence-corrected chi connectivity index (χ2v) is 7.59. The summed E-state index contributed by atoms with van der Waals surface area (Å²) >= 11 is 0. The molecule has 2 unspecified atom stereocenters. The van der Waals surface area contributed by atoms with Gasteiger partial charge in [-0.25, -0.2) is 0 Å². The van der Waals surface area contributed by atoms with Crippen LogP contribution in [0.4, 0.5) is 0 Å². The van der Waals surface area contributed by atoms with Crippen molar-refractivity contribution < 1.29 is 95.6 Å². The Kier molecular flexibility index (Phi) is 56.3. The van der Waals surface area contributed by atoms with Crippen LogP contribution in [-0.2, 0) is 14.1 Å². The zero-order valence-electron chi connectivity index (χ0n) is 23.3. The molecular weight excluding hydrogens is 603 g/mol. The Labute approximate surface area is 243 Å². The third kappa shape index (κ3) is 43.3. The molecule has 0 heterocycles. The van der Waals surface area contributed by atoms with Crippen LogP contribution in [-0.4, -0.2) is 203 Å². The Morgan fingerprint density at radius 2 is 0.976 bits per heavy atom. The Bertz CT molecular complexity index is 497. The molecule has 22 heteroatoms. The maximum atomic E-state index is 11.7. The summed E-state index contributed by atoms with van der Waals surface area (Å²) in [5.74, 6) is -1.79. The van der Waals surface area contributed by atoms with Crippen molar-refractivity contribution in [1.29, 1.82) is 0 Å². The minimum absolute atomic E-state index is 0.125. The molecule has 19 N–H and O–H groups in total. The van der Waals surface area contributed by atoms with Gasteiger partial charge >= 0.3 is 0 Å². The highest BCUT2D eigenvalue weighted by Crippen LogP contribution is 2.30. The molecule has 260 valence electrons. The standard InChI is InChI=1S/C10H21N2O9P.5C2H6O2/c1-4(15)12-22(20)21-10(9(19)6(17)3-14)7(11)8(18)5(16)2-13;5*3-1-2-4/h5-7,9-10,13-14,16-17,19-20H,2-3,11H2,1H3,(H,12,15);5*3-4H,1-2H2/t5?,6-,7+,9+,10-,22?;;;;;/m1...../s1. The van der Waals surface area contributed by atoms with E-state index in [1.54, 1.807) is 0 Å². The zero-order valence-corrected chi connectivity index (χ0v) is 24.2. The quantitative estimate of drug-likeness (QED) is 0.0728. The van der Waals surface area contributed by atoms with Crippen LogP contribution in [0.25, 0.3) is 0 Å². The zero-order chi connectivity index (χ0) is 34.5. The Morgan fingerprint density at radius 3 is 1.19 bits per heavy atom. The van der Waals surface area contributed by atoms with E-state index in [-0.39, 0.29) is 66.1 Å². The molecular formula is C20H51N2O19P. The van der Waals surface area contributed by atoms with Gasteiger partial charge in [0.25, 0.3) is 8.53 Å². The van der Waals surface area contributed by atoms with E-state index < -0.39 is 63.9 Å². The summed E-state index contributed by atoms with van der Waals surface area (Å²) in [7, 11) is -2.63. The van der Waals surface area contributed by atoms with Crippen LogP contribution in [0.5, 0.6) is 0 Å². The fourth-order valence-corrected chi connectivity index (χ4v) is 2.23. The summed E-state index contributed by atoms with van der Waals surface area (Å²) < 4.78 is 4.85. The van der Waals surface area contributed by atoms with Gasteiger partial charge in [0.1, 0.15) is 24.4 Å². The maximum absolute atomic E-state index is 11.7. The third-order valence-corrected chi connectivity index (χ3v) is 4.03. The molecule has 0 aromatic rings. The first kappa shape index (κ1) is 53.4. The molecule has 0 bridgehead atoms. The average Bonchev–Trinajstić information content (AvgIpc) is 3.01. The number of aliphatic hydroxyl groups excluding tert-OH is 15. The van der Waals surface area contributed by atoms with Crippen LogP contribution in [0.2, 0.25) is 0 Å². The van der Waals surface area contributed by atoms with E-state index in [0.717, 1.165) is 6.92 Å². The molecule has 0 aliphatic rings. The molecule has 0 fully saturated rings. The highest BCUT2D eigenvalue weighted by molar-refractivity contribution is 7.44. The SMILES string of the molecule is CC(=O)NP(O)O[C@@H]([C@@H](O)[C@H](O)CO)[C@@H](N)C(=O)C(O)CO.OCCO.OCCO.OCCO.OCCO.OCCO. The molecule has 42 heavy (non-hydrogen) atoms. The highest BCUT2D eigenvalue weighted by atomic mass is 31.2. The van der Waals surface area contributed by atoms with Crippen molar-refractivity contribution in [3.63, 3.8) is 0 Å². The predicted molar refractivity (Wildman–Crippen MR) is 144 cm³/mol. The van der Waals surface area contributed by atoms with Crippen molar-refractivity contribution in [3.8, 4) is 0 Å². The largest absolute Gasteiger partial charge is 0.394 e. The van der Waals surface area contributed by atoms with Crippen LogP contribution in [0.1, 0.15) is 6.92 Å². The van der Waals surface area contributed by atoms with E-state index in [0.29, 0.717) is 0 Å². The van der Waals surface area contributed by atoms with Crippen molar-refractivity contribution in [3.05, 3.63) is 0 Å². The van der Waals surface area contributed by atoms with Gasteiger partial charge in [0, 0.05) is 6.92 Å². The minimum Gasteiger partial charge on any atom is -0.394 e. The molecule has 0 aromatic carbocycles. The van der Waals surface area contributed by atoms with E-state index in [2.05, 4.69) is 0 Å². The lowest BCUT2D eigenvalue weighted by atomic mass is 9.96. The summed E-state index contributed by atoms with van der Waals surface area (Å²) in [6, 6.07) is -1.75. The van der Waals surface area contributed by atoms with E-state index >= 15 is 0 Å². The van der Waals surface area contributed by atoms with Crippen LogP contribution in [0.15, 0.2) is 0 Å². The predicted octanol–water partition coefficient (Wildman–Crippen LogP) is -9.45. The molecule has 21 nitrogen and oxygen atoms in total. The number of hydrogen-bond acceptors (Lipinski definition) is 20. The lowest BCUT2D eigenvalue weighted by Gasteiger charge is -2.31. The number of aliphatic hydroxyl groups is 15. The van der Waals surface area contributed by atoms with Crippen LogP contribution in [0, 0.1) is 0 Å². The van der Waals surface area contributed by atoms with Gasteiger partial charge in [-0.2, -0.15) is 0 Å². The van der Waals surface area contributed by atoms with E-state index in [1.807, 2.05) is 5.09 Å². The lowest BCUT2D eigenvalue weighted by Crippen LogP contribution is -2.56.